The molecule has 0 fully saturated rings. The molecule has 0 unspecified atom stereocenters. The Morgan fingerprint density at radius 1 is 0.405 bits per heavy atom. The van der Waals surface area contributed by atoms with Crippen molar-refractivity contribution in [3.8, 4) is 0 Å². The molecule has 0 aliphatic heterocycles. The molecule has 5 aromatic carbocycles. The number of hydrogen-bond donors (Lipinski definition) is 0. The van der Waals surface area contributed by atoms with E-state index in [1.165, 1.54) is 5.56 Å². The Bertz CT molecular complexity index is 2560. The molecule has 1 aromatic heterocycles. The maximum Gasteiger partial charge on any atom is 0.416 e. The maximum atomic E-state index is 14.2. The van der Waals surface area contributed by atoms with E-state index < -0.39 is 195 Å². The van der Waals surface area contributed by atoms with Crippen molar-refractivity contribution in [2.45, 2.75) is 56.0 Å². The van der Waals surface area contributed by atoms with E-state index in [0.29, 0.717) is 0 Å². The van der Waals surface area contributed by atoms with Crippen molar-refractivity contribution >= 4 is 65.9 Å². The van der Waals surface area contributed by atoms with Crippen LogP contribution in [0.15, 0.2) is 125 Å². The Morgan fingerprint density at radius 2 is 0.662 bits per heavy atom. The highest BCUT2D eigenvalue weighted by Crippen LogP contribution is 2.41. The van der Waals surface area contributed by atoms with Crippen LogP contribution in [0.25, 0.3) is 6.08 Å². The maximum absolute atomic E-state index is 14.2. The average molecular weight is 1220 g/mol. The van der Waals surface area contributed by atoms with Crippen LogP contribution < -0.4 is 26.4 Å². The molecular weight excluding hydrogens is 1200 g/mol. The van der Waals surface area contributed by atoms with Crippen molar-refractivity contribution in [3.05, 3.63) is 181 Å². The molecule has 2 nitrogen and oxygen atoms in total. The Morgan fingerprint density at radius 3 is 0.892 bits per heavy atom. The van der Waals surface area contributed by atoms with Crippen molar-refractivity contribution in [3.63, 3.8) is 0 Å². The third kappa shape index (κ3) is 14.3. The van der Waals surface area contributed by atoms with Gasteiger partial charge < -0.3 is 0 Å². The van der Waals surface area contributed by atoms with Gasteiger partial charge in [0, 0.05) is 5.56 Å². The lowest BCUT2D eigenvalue weighted by Crippen LogP contribution is -2.75. The number of hydrogen-bond acceptors (Lipinski definition) is 1. The lowest BCUT2D eigenvalue weighted by molar-refractivity contribution is -0.689. The molecule has 0 N–H and O–H groups in total. The van der Waals surface area contributed by atoms with Gasteiger partial charge in [-0.15, -0.1) is 0 Å². The molecule has 0 radical (unpaired) electrons. The van der Waals surface area contributed by atoms with Gasteiger partial charge in [-0.05, 0) is 62.2 Å². The quantitative estimate of drug-likeness (QED) is 0.0884. The van der Waals surface area contributed by atoms with Gasteiger partial charge in [0.25, 0.3) is 0 Å². The Kier molecular flexibility index (Phi) is 16.6. The van der Waals surface area contributed by atoms with E-state index in [4.69, 9.17) is 0 Å². The largest absolute Gasteiger partial charge is 0.416 e. The van der Waals surface area contributed by atoms with E-state index in [2.05, 4.69) is 53.5 Å². The first kappa shape index (κ1) is 59.1. The second-order valence-electron chi connectivity index (χ2n) is 15.8. The van der Waals surface area contributed by atoms with E-state index in [0.717, 1.165) is 15.6 Å². The molecule has 6 aromatic rings. The molecule has 0 bridgehead atoms. The fourth-order valence-electron chi connectivity index (χ4n) is 7.60. The minimum atomic E-state index is -6.13. The summed E-state index contributed by atoms with van der Waals surface area (Å²) in [5.74, 6) is 0. The average Bonchev–Trinajstić information content (AvgIpc) is 3.24. The Balaban J connectivity index is 0.000000500. The van der Waals surface area contributed by atoms with Crippen molar-refractivity contribution in [1.82, 2.24) is 4.98 Å². The van der Waals surface area contributed by atoms with E-state index >= 15 is 0 Å². The van der Waals surface area contributed by atoms with Gasteiger partial charge in [-0.25, -0.2) is 4.98 Å². The fourth-order valence-corrected chi connectivity index (χ4v) is 8.07. The van der Waals surface area contributed by atoms with Crippen molar-refractivity contribution in [2.75, 3.05) is 0 Å². The topological polar surface area (TPSA) is 16.8 Å². The SMILES string of the molecule is BrC(Br)=Cc1c[n+](Cc2ccccc2)ccn1.FC(F)(F)c1cc([B-](c2cc(C(F)(F)F)cc(C(F)(F)F)c2)(c2cc(C(F)(F)F)cc(C(F)(F)F)c2)c2cc(C(F)(F)F)cc(C(F)(F)F)c2)cc(C(F)(F)F)c1. The molecular formula is C45H23BBr2F24N2. The molecule has 0 saturated heterocycles. The van der Waals surface area contributed by atoms with Crippen LogP contribution >= 0.6 is 31.9 Å². The van der Waals surface area contributed by atoms with Gasteiger partial charge in [-0.3, -0.25) is 0 Å². The summed E-state index contributed by atoms with van der Waals surface area (Å²) in [6, 6.07) is 1.54. The number of alkyl halides is 24. The molecule has 74 heavy (non-hydrogen) atoms. The minimum absolute atomic E-state index is 0.691. The molecule has 0 amide bonds. The lowest BCUT2D eigenvalue weighted by atomic mass is 9.12. The summed E-state index contributed by atoms with van der Waals surface area (Å²) in [5.41, 5.74) is -28.0. The minimum Gasteiger partial charge on any atom is -0.244 e. The van der Waals surface area contributed by atoms with Crippen LogP contribution in [0.4, 0.5) is 105 Å². The zero-order chi connectivity index (χ0) is 56.0. The highest BCUT2D eigenvalue weighted by molar-refractivity contribution is 9.28. The lowest BCUT2D eigenvalue weighted by Gasteiger charge is -2.46. The van der Waals surface area contributed by atoms with E-state index in [-0.39, 0.29) is 0 Å². The molecule has 29 heteroatoms. The first-order chi connectivity index (χ1) is 33.5. The highest BCUT2D eigenvalue weighted by atomic mass is 79.9. The Labute approximate surface area is 416 Å². The van der Waals surface area contributed by atoms with Crippen LogP contribution in [0.2, 0.25) is 0 Å². The molecule has 0 aliphatic rings. The number of aromatic nitrogens is 2. The first-order valence-corrected chi connectivity index (χ1v) is 21.4. The van der Waals surface area contributed by atoms with Gasteiger partial charge in [0.1, 0.15) is 11.8 Å². The molecule has 6 rings (SSSR count). The summed E-state index contributed by atoms with van der Waals surface area (Å²) in [6.07, 6.45) is -47.1. The predicted molar refractivity (Wildman–Crippen MR) is 226 cm³/mol. The van der Waals surface area contributed by atoms with Crippen LogP contribution in [0.1, 0.15) is 55.8 Å². The van der Waals surface area contributed by atoms with Gasteiger partial charge in [0.2, 0.25) is 0 Å². The van der Waals surface area contributed by atoms with Crippen LogP contribution in [-0.2, 0) is 56.0 Å². The van der Waals surface area contributed by atoms with Crippen LogP contribution in [0.3, 0.4) is 0 Å². The third-order valence-electron chi connectivity index (χ3n) is 10.7. The number of halogens is 26. The van der Waals surface area contributed by atoms with Crippen LogP contribution in [0.5, 0.6) is 0 Å². The highest BCUT2D eigenvalue weighted by Gasteiger charge is 2.47. The molecule has 0 atom stereocenters. The number of rotatable bonds is 7. The summed E-state index contributed by atoms with van der Waals surface area (Å²) in [5, 5.41) is 0. The number of nitrogens with zero attached hydrogens (tertiary/aromatic N) is 2. The predicted octanol–water partition coefficient (Wildman–Crippen LogP) is 14.7. The van der Waals surface area contributed by atoms with Crippen molar-refractivity contribution in [2.24, 2.45) is 0 Å². The summed E-state index contributed by atoms with van der Waals surface area (Å²) in [4.78, 5) is 4.26. The monoisotopic (exact) mass is 1220 g/mol. The normalized spacial score (nSPS) is 13.3. The van der Waals surface area contributed by atoms with Crippen molar-refractivity contribution in [1.29, 1.82) is 0 Å². The van der Waals surface area contributed by atoms with Gasteiger partial charge in [0.05, 0.1) is 54.1 Å². The van der Waals surface area contributed by atoms with Crippen LogP contribution in [0, 0.1) is 0 Å². The fraction of sp³-hybridized carbons (Fsp3) is 0.200. The van der Waals surface area contributed by atoms with Crippen molar-refractivity contribution < 1.29 is 110 Å². The standard InChI is InChI=1S/C32H12BF24.C13H11Br2N2/c34-25(35,36)13-1-14(26(37,38)39)6-21(5-13)33(22-7-15(27(40,41)42)2-16(8-22)28(43,44)45,23-9-17(29(46,47)48)3-18(10-23)30(49,50)51)24-11-19(31(52,53)54)4-20(12-24)32(55,56)57;14-13(15)8-12-10-17(7-6-16-12)9-11-4-2-1-3-5-11/h1-12H;1-8,10H,9H2/q-1;+1. The first-order valence-electron chi connectivity index (χ1n) is 19.8. The molecule has 398 valence electrons. The zero-order valence-electron chi connectivity index (χ0n) is 35.6. The van der Waals surface area contributed by atoms with Gasteiger partial charge >= 0.3 is 49.4 Å². The van der Waals surface area contributed by atoms with Gasteiger partial charge in [-0.1, -0.05) is 78.9 Å². The van der Waals surface area contributed by atoms with E-state index in [1.54, 1.807) is 6.20 Å². The summed E-state index contributed by atoms with van der Waals surface area (Å²) in [6.45, 7) is 0.851. The van der Waals surface area contributed by atoms with Gasteiger partial charge in [0.15, 0.2) is 18.9 Å². The van der Waals surface area contributed by atoms with E-state index in [9.17, 15) is 105 Å². The van der Waals surface area contributed by atoms with Crippen LogP contribution in [-0.4, -0.2) is 11.1 Å². The van der Waals surface area contributed by atoms with E-state index in [1.807, 2.05) is 36.7 Å². The Hall–Kier alpha value is -5.74. The number of benzene rings is 5. The summed E-state index contributed by atoms with van der Waals surface area (Å²) >= 11 is 6.66. The molecule has 0 saturated carbocycles. The second-order valence-corrected chi connectivity index (χ2v) is 18.6. The smallest absolute Gasteiger partial charge is 0.244 e. The molecule has 1 heterocycles. The summed E-state index contributed by atoms with van der Waals surface area (Å²) < 4.78 is 344. The molecule has 0 spiro atoms. The van der Waals surface area contributed by atoms with Gasteiger partial charge in [-0.2, -0.15) is 132 Å². The second kappa shape index (κ2) is 20.8. The zero-order valence-corrected chi connectivity index (χ0v) is 38.8. The third-order valence-corrected chi connectivity index (χ3v) is 11.1. The molecule has 0 aliphatic carbocycles. The summed E-state index contributed by atoms with van der Waals surface area (Å²) in [7, 11) is 0.